The minimum atomic E-state index is -0.577. The second kappa shape index (κ2) is 5.91. The number of benzene rings is 2. The third-order valence-corrected chi connectivity index (χ3v) is 2.50. The molecule has 0 bridgehead atoms. The van der Waals surface area contributed by atoms with E-state index in [9.17, 15) is 14.0 Å². The van der Waals surface area contributed by atoms with Crippen molar-refractivity contribution in [1.29, 1.82) is 0 Å². The van der Waals surface area contributed by atoms with Gasteiger partial charge in [-0.2, -0.15) is 0 Å². The maximum absolute atomic E-state index is 13.1. The maximum atomic E-state index is 13.1. The molecule has 3 nitrogen and oxygen atoms in total. The standard InChI is InChI=1S/C15H11FO3/c16-13-6-11(9-17)7-14(8-13)19-10-15(18)12-4-2-1-3-5-12/h1-9H,10H2. The van der Waals surface area contributed by atoms with Gasteiger partial charge in [-0.1, -0.05) is 30.3 Å². The van der Waals surface area contributed by atoms with Crippen molar-refractivity contribution < 1.29 is 18.7 Å². The van der Waals surface area contributed by atoms with Gasteiger partial charge in [0.1, 0.15) is 17.9 Å². The third kappa shape index (κ3) is 3.48. The Bertz CT molecular complexity index is 594. The molecule has 0 saturated carbocycles. The number of ketones is 1. The molecule has 0 radical (unpaired) electrons. The lowest BCUT2D eigenvalue weighted by Crippen LogP contribution is -2.11. The van der Waals surface area contributed by atoms with E-state index in [0.717, 1.165) is 12.1 Å². The van der Waals surface area contributed by atoms with Crippen molar-refractivity contribution in [2.75, 3.05) is 6.61 Å². The number of hydrogen-bond donors (Lipinski definition) is 0. The van der Waals surface area contributed by atoms with Gasteiger partial charge >= 0.3 is 0 Å². The molecule has 0 atom stereocenters. The summed E-state index contributed by atoms with van der Waals surface area (Å²) in [6.45, 7) is -0.203. The number of ether oxygens (including phenoxy) is 1. The van der Waals surface area contributed by atoms with Crippen molar-refractivity contribution in [3.8, 4) is 5.75 Å². The summed E-state index contributed by atoms with van der Waals surface area (Å²) in [6, 6.07) is 12.3. The van der Waals surface area contributed by atoms with Gasteiger partial charge in [-0.3, -0.25) is 9.59 Å². The van der Waals surface area contributed by atoms with Crippen LogP contribution in [0.3, 0.4) is 0 Å². The lowest BCUT2D eigenvalue weighted by molar-refractivity contribution is 0.0921. The van der Waals surface area contributed by atoms with Crippen LogP contribution in [0.15, 0.2) is 48.5 Å². The molecule has 4 heteroatoms. The van der Waals surface area contributed by atoms with Crippen molar-refractivity contribution in [3.63, 3.8) is 0 Å². The molecule has 0 heterocycles. The first-order valence-electron chi connectivity index (χ1n) is 5.66. The molecule has 0 aliphatic carbocycles. The van der Waals surface area contributed by atoms with E-state index >= 15 is 0 Å². The average molecular weight is 258 g/mol. The fourth-order valence-corrected chi connectivity index (χ4v) is 1.59. The molecule has 19 heavy (non-hydrogen) atoms. The van der Waals surface area contributed by atoms with Gasteiger partial charge in [0.2, 0.25) is 0 Å². The Balaban J connectivity index is 2.05. The van der Waals surface area contributed by atoms with Crippen molar-refractivity contribution in [1.82, 2.24) is 0 Å². The molecular weight excluding hydrogens is 247 g/mol. The maximum Gasteiger partial charge on any atom is 0.200 e. The van der Waals surface area contributed by atoms with Crippen LogP contribution in [0.25, 0.3) is 0 Å². The van der Waals surface area contributed by atoms with Gasteiger partial charge in [0.15, 0.2) is 12.4 Å². The zero-order valence-corrected chi connectivity index (χ0v) is 10.0. The Kier molecular flexibility index (Phi) is 4.03. The van der Waals surface area contributed by atoms with Crippen LogP contribution in [-0.2, 0) is 0 Å². The van der Waals surface area contributed by atoms with Crippen LogP contribution in [0.5, 0.6) is 5.75 Å². The van der Waals surface area contributed by atoms with E-state index in [1.807, 2.05) is 0 Å². The van der Waals surface area contributed by atoms with Crippen molar-refractivity contribution in [2.45, 2.75) is 0 Å². The lowest BCUT2D eigenvalue weighted by atomic mass is 10.1. The Morgan fingerprint density at radius 2 is 1.89 bits per heavy atom. The fraction of sp³-hybridized carbons (Fsp3) is 0.0667. The molecule has 2 aromatic rings. The van der Waals surface area contributed by atoms with Crippen molar-refractivity contribution in [2.24, 2.45) is 0 Å². The van der Waals surface area contributed by atoms with E-state index < -0.39 is 5.82 Å². The average Bonchev–Trinajstić information content (AvgIpc) is 2.45. The number of halogens is 1. The topological polar surface area (TPSA) is 43.4 Å². The van der Waals surface area contributed by atoms with Crippen molar-refractivity contribution >= 4 is 12.1 Å². The summed E-state index contributed by atoms with van der Waals surface area (Å²) in [6.07, 6.45) is 0.523. The monoisotopic (exact) mass is 258 g/mol. The number of Topliss-reactive ketones (excluding diaryl/α,β-unsaturated/α-hetero) is 1. The molecule has 0 unspecified atom stereocenters. The smallest absolute Gasteiger partial charge is 0.200 e. The number of hydrogen-bond acceptors (Lipinski definition) is 3. The first kappa shape index (κ1) is 13.0. The Morgan fingerprint density at radius 1 is 1.16 bits per heavy atom. The summed E-state index contributed by atoms with van der Waals surface area (Å²) in [7, 11) is 0. The molecule has 0 fully saturated rings. The number of carbonyl (C=O) groups excluding carboxylic acids is 2. The number of carbonyl (C=O) groups is 2. The predicted octanol–water partition coefficient (Wildman–Crippen LogP) is 2.90. The molecular formula is C15H11FO3. The van der Waals surface area contributed by atoms with Gasteiger partial charge in [-0.25, -0.2) is 4.39 Å². The molecule has 0 N–H and O–H groups in total. The SMILES string of the molecule is O=Cc1cc(F)cc(OCC(=O)c2ccccc2)c1. The van der Waals surface area contributed by atoms with Crippen molar-refractivity contribution in [3.05, 3.63) is 65.5 Å². The zero-order valence-electron chi connectivity index (χ0n) is 10.0. The minimum Gasteiger partial charge on any atom is -0.485 e. The number of rotatable bonds is 5. The molecule has 0 saturated heterocycles. The van der Waals surface area contributed by atoms with Gasteiger partial charge in [-0.15, -0.1) is 0 Å². The summed E-state index contributed by atoms with van der Waals surface area (Å²) in [4.78, 5) is 22.4. The third-order valence-electron chi connectivity index (χ3n) is 2.50. The Morgan fingerprint density at radius 3 is 2.58 bits per heavy atom. The molecule has 0 amide bonds. The molecule has 2 rings (SSSR count). The second-order valence-electron chi connectivity index (χ2n) is 3.92. The van der Waals surface area contributed by atoms with E-state index in [2.05, 4.69) is 0 Å². The first-order chi connectivity index (χ1) is 9.19. The van der Waals surface area contributed by atoms with Gasteiger partial charge in [0, 0.05) is 17.2 Å². The normalized spacial score (nSPS) is 9.95. The van der Waals surface area contributed by atoms with E-state index in [-0.39, 0.29) is 23.7 Å². The summed E-state index contributed by atoms with van der Waals surface area (Å²) in [5.41, 5.74) is 0.691. The van der Waals surface area contributed by atoms with Crippen LogP contribution in [0.4, 0.5) is 4.39 Å². The van der Waals surface area contributed by atoms with E-state index in [1.54, 1.807) is 30.3 Å². The van der Waals surface area contributed by atoms with Crippen LogP contribution >= 0.6 is 0 Å². The van der Waals surface area contributed by atoms with Gasteiger partial charge in [0.05, 0.1) is 0 Å². The highest BCUT2D eigenvalue weighted by Gasteiger charge is 2.07. The van der Waals surface area contributed by atoms with E-state index in [0.29, 0.717) is 11.8 Å². The summed E-state index contributed by atoms with van der Waals surface area (Å²) >= 11 is 0. The highest BCUT2D eigenvalue weighted by Crippen LogP contribution is 2.15. The largest absolute Gasteiger partial charge is 0.485 e. The molecule has 0 aliphatic rings. The van der Waals surface area contributed by atoms with Crippen LogP contribution in [0.2, 0.25) is 0 Å². The van der Waals surface area contributed by atoms with E-state index in [4.69, 9.17) is 4.74 Å². The molecule has 0 spiro atoms. The Labute approximate surface area is 109 Å². The minimum absolute atomic E-state index is 0.159. The fourth-order valence-electron chi connectivity index (χ4n) is 1.59. The summed E-state index contributed by atoms with van der Waals surface area (Å²) < 4.78 is 18.3. The molecule has 0 aliphatic heterocycles. The predicted molar refractivity (Wildman–Crippen MR) is 68.1 cm³/mol. The van der Waals surface area contributed by atoms with Crippen LogP contribution in [0.1, 0.15) is 20.7 Å². The van der Waals surface area contributed by atoms with Crippen LogP contribution < -0.4 is 4.74 Å². The summed E-state index contributed by atoms with van der Waals surface area (Å²) in [5, 5.41) is 0. The van der Waals surface area contributed by atoms with E-state index in [1.165, 1.54) is 6.07 Å². The van der Waals surface area contributed by atoms with Crippen LogP contribution in [0, 0.1) is 5.82 Å². The highest BCUT2D eigenvalue weighted by atomic mass is 19.1. The summed E-state index contributed by atoms with van der Waals surface area (Å²) in [5.74, 6) is -0.629. The number of aldehydes is 1. The molecule has 0 aromatic heterocycles. The van der Waals surface area contributed by atoms with Gasteiger partial charge in [-0.05, 0) is 12.1 Å². The zero-order chi connectivity index (χ0) is 13.7. The second-order valence-corrected chi connectivity index (χ2v) is 3.92. The van der Waals surface area contributed by atoms with Gasteiger partial charge in [0.25, 0.3) is 0 Å². The first-order valence-corrected chi connectivity index (χ1v) is 5.66. The van der Waals surface area contributed by atoms with Crippen LogP contribution in [-0.4, -0.2) is 18.7 Å². The molecule has 2 aromatic carbocycles. The Hall–Kier alpha value is -2.49. The lowest BCUT2D eigenvalue weighted by Gasteiger charge is -2.06. The molecule has 96 valence electrons. The highest BCUT2D eigenvalue weighted by molar-refractivity contribution is 5.97. The van der Waals surface area contributed by atoms with Gasteiger partial charge < -0.3 is 4.74 Å². The quantitative estimate of drug-likeness (QED) is 0.611.